The second-order valence-electron chi connectivity index (χ2n) is 4.45. The van der Waals surface area contributed by atoms with Crippen molar-refractivity contribution in [3.63, 3.8) is 0 Å². The molecule has 0 saturated carbocycles. The Morgan fingerprint density at radius 1 is 1.24 bits per heavy atom. The highest BCUT2D eigenvalue weighted by Crippen LogP contribution is 2.32. The van der Waals surface area contributed by atoms with Crippen LogP contribution >= 0.6 is 0 Å². The van der Waals surface area contributed by atoms with E-state index in [-0.39, 0.29) is 28.7 Å². The van der Waals surface area contributed by atoms with Crippen molar-refractivity contribution >= 4 is 11.0 Å². The van der Waals surface area contributed by atoms with Crippen molar-refractivity contribution in [3.05, 3.63) is 58.3 Å². The Bertz CT molecular complexity index is 850. The number of alkyl halides is 3. The van der Waals surface area contributed by atoms with Gasteiger partial charge in [0, 0.05) is 6.20 Å². The number of H-pyrrole nitrogens is 1. The Hall–Kier alpha value is -2.64. The van der Waals surface area contributed by atoms with E-state index in [0.29, 0.717) is 0 Å². The second-order valence-corrected chi connectivity index (χ2v) is 4.45. The van der Waals surface area contributed by atoms with Gasteiger partial charge >= 0.3 is 6.18 Å². The van der Waals surface area contributed by atoms with Crippen LogP contribution in [0.15, 0.2) is 41.6 Å². The summed E-state index contributed by atoms with van der Waals surface area (Å²) in [7, 11) is 0. The predicted octanol–water partition coefficient (Wildman–Crippen LogP) is 2.19. The second kappa shape index (κ2) is 4.72. The van der Waals surface area contributed by atoms with Crippen LogP contribution in [0.3, 0.4) is 0 Å². The van der Waals surface area contributed by atoms with Crippen molar-refractivity contribution in [2.24, 2.45) is 0 Å². The fraction of sp³-hybridized carbons (Fsp3) is 0.154. The molecule has 8 heteroatoms. The molecule has 5 nitrogen and oxygen atoms in total. The molecule has 0 aliphatic rings. The van der Waals surface area contributed by atoms with E-state index in [1.54, 1.807) is 0 Å². The minimum atomic E-state index is -4.43. The molecule has 0 aliphatic heterocycles. The van der Waals surface area contributed by atoms with Crippen LogP contribution in [-0.2, 0) is 12.7 Å². The quantitative estimate of drug-likeness (QED) is 0.788. The summed E-state index contributed by atoms with van der Waals surface area (Å²) in [5.74, 6) is 0. The highest BCUT2D eigenvalue weighted by molar-refractivity contribution is 5.72. The number of benzene rings is 1. The molecule has 0 radical (unpaired) electrons. The Morgan fingerprint density at radius 3 is 2.71 bits per heavy atom. The Labute approximate surface area is 116 Å². The molecule has 3 aromatic rings. The minimum absolute atomic E-state index is 0.0780. The summed E-state index contributed by atoms with van der Waals surface area (Å²) in [6.45, 7) is -0.0918. The molecule has 2 heterocycles. The maximum Gasteiger partial charge on any atom is 0.416 e. The zero-order valence-corrected chi connectivity index (χ0v) is 10.6. The average molecular weight is 294 g/mol. The predicted molar refractivity (Wildman–Crippen MR) is 68.7 cm³/mol. The number of halogens is 3. The van der Waals surface area contributed by atoms with Gasteiger partial charge in [0.1, 0.15) is 5.39 Å². The van der Waals surface area contributed by atoms with E-state index in [1.807, 2.05) is 0 Å². The third-order valence-electron chi connectivity index (χ3n) is 3.02. The number of aromatic amines is 1. The lowest BCUT2D eigenvalue weighted by Gasteiger charge is -2.12. The fourth-order valence-electron chi connectivity index (χ4n) is 2.09. The summed E-state index contributed by atoms with van der Waals surface area (Å²) in [6, 6.07) is 5.26. The number of hydrogen-bond acceptors (Lipinski definition) is 3. The first-order valence-corrected chi connectivity index (χ1v) is 6.01. The summed E-state index contributed by atoms with van der Waals surface area (Å²) >= 11 is 0. The van der Waals surface area contributed by atoms with Gasteiger partial charge in [0.2, 0.25) is 0 Å². The van der Waals surface area contributed by atoms with Crippen molar-refractivity contribution in [2.75, 3.05) is 0 Å². The molecule has 21 heavy (non-hydrogen) atoms. The molecule has 0 atom stereocenters. The van der Waals surface area contributed by atoms with E-state index in [1.165, 1.54) is 35.4 Å². The molecule has 2 aromatic heterocycles. The maximum absolute atomic E-state index is 12.9. The Kier molecular flexibility index (Phi) is 3.00. The first-order valence-electron chi connectivity index (χ1n) is 6.01. The molecule has 1 N–H and O–H groups in total. The summed E-state index contributed by atoms with van der Waals surface area (Å²) in [5.41, 5.74) is -0.820. The van der Waals surface area contributed by atoms with Crippen molar-refractivity contribution in [2.45, 2.75) is 12.7 Å². The van der Waals surface area contributed by atoms with Crippen LogP contribution in [0.5, 0.6) is 0 Å². The van der Waals surface area contributed by atoms with Crippen molar-refractivity contribution in [3.8, 4) is 0 Å². The first kappa shape index (κ1) is 13.3. The van der Waals surface area contributed by atoms with E-state index in [4.69, 9.17) is 0 Å². The van der Waals surface area contributed by atoms with Crippen LogP contribution in [0.25, 0.3) is 11.0 Å². The molecule has 108 valence electrons. The van der Waals surface area contributed by atoms with Crippen LogP contribution in [0.2, 0.25) is 0 Å². The van der Waals surface area contributed by atoms with Crippen LogP contribution in [0, 0.1) is 0 Å². The van der Waals surface area contributed by atoms with E-state index in [9.17, 15) is 18.0 Å². The molecule has 3 rings (SSSR count). The largest absolute Gasteiger partial charge is 0.416 e. The van der Waals surface area contributed by atoms with Crippen LogP contribution in [0.4, 0.5) is 13.2 Å². The topological polar surface area (TPSA) is 63.6 Å². The van der Waals surface area contributed by atoms with Crippen LogP contribution in [0.1, 0.15) is 11.1 Å². The van der Waals surface area contributed by atoms with Crippen molar-refractivity contribution in [1.29, 1.82) is 0 Å². The number of rotatable bonds is 2. The van der Waals surface area contributed by atoms with E-state index < -0.39 is 11.7 Å². The molecule has 0 unspecified atom stereocenters. The number of hydrogen-bond donors (Lipinski definition) is 1. The van der Waals surface area contributed by atoms with Gasteiger partial charge in [-0.25, -0.2) is 4.98 Å². The molecule has 0 bridgehead atoms. The normalized spacial score (nSPS) is 12.0. The monoisotopic (exact) mass is 294 g/mol. The molecule has 0 spiro atoms. The molecule has 1 aromatic carbocycles. The maximum atomic E-state index is 12.9. The summed E-state index contributed by atoms with van der Waals surface area (Å²) < 4.78 is 40.0. The van der Waals surface area contributed by atoms with Gasteiger partial charge in [0.15, 0.2) is 5.65 Å². The zero-order chi connectivity index (χ0) is 15.0. The lowest BCUT2D eigenvalue weighted by atomic mass is 10.1. The highest BCUT2D eigenvalue weighted by atomic mass is 19.4. The third kappa shape index (κ3) is 2.51. The number of aromatic nitrogens is 4. The smallest absolute Gasteiger partial charge is 0.312 e. The third-order valence-corrected chi connectivity index (χ3v) is 3.02. The standard InChI is InChI=1S/C13H9F3N4O/c14-13(15,16)10-4-2-1-3-8(10)5-20-6-9-11(19-20)17-7-18-12(9)21/h1-4,6-7H,5H2,(H,17,18,19,21). The van der Waals surface area contributed by atoms with E-state index >= 15 is 0 Å². The van der Waals surface area contributed by atoms with Gasteiger partial charge in [0.05, 0.1) is 18.4 Å². The molecule has 0 fully saturated rings. The van der Waals surface area contributed by atoms with Gasteiger partial charge in [-0.15, -0.1) is 0 Å². The van der Waals surface area contributed by atoms with Crippen molar-refractivity contribution in [1.82, 2.24) is 19.7 Å². The lowest BCUT2D eigenvalue weighted by molar-refractivity contribution is -0.138. The number of nitrogens with one attached hydrogen (secondary N) is 1. The molecule has 0 amide bonds. The SMILES string of the molecule is O=c1[nH]cnc2nn(Cc3ccccc3C(F)(F)F)cc12. The summed E-state index contributed by atoms with van der Waals surface area (Å²) in [6.07, 6.45) is -1.85. The number of nitrogens with zero attached hydrogens (tertiary/aromatic N) is 3. The summed E-state index contributed by atoms with van der Waals surface area (Å²) in [4.78, 5) is 17.8. The Morgan fingerprint density at radius 2 is 2.00 bits per heavy atom. The van der Waals surface area contributed by atoms with E-state index in [2.05, 4.69) is 15.1 Å². The fourth-order valence-corrected chi connectivity index (χ4v) is 2.09. The van der Waals surface area contributed by atoms with Crippen LogP contribution in [-0.4, -0.2) is 19.7 Å². The van der Waals surface area contributed by atoms with Gasteiger partial charge < -0.3 is 4.98 Å². The van der Waals surface area contributed by atoms with Crippen LogP contribution < -0.4 is 5.56 Å². The molecule has 0 saturated heterocycles. The van der Waals surface area contributed by atoms with Gasteiger partial charge in [0.25, 0.3) is 5.56 Å². The molecular weight excluding hydrogens is 285 g/mol. The van der Waals surface area contributed by atoms with E-state index in [0.717, 1.165) is 6.07 Å². The lowest BCUT2D eigenvalue weighted by Crippen LogP contribution is -2.11. The number of fused-ring (bicyclic) bond motifs is 1. The van der Waals surface area contributed by atoms with Gasteiger partial charge in [-0.05, 0) is 11.6 Å². The van der Waals surface area contributed by atoms with Gasteiger partial charge in [-0.3, -0.25) is 9.48 Å². The Balaban J connectivity index is 2.03. The first-order chi connectivity index (χ1) is 9.95. The zero-order valence-electron chi connectivity index (χ0n) is 10.6. The molecule has 0 aliphatic carbocycles. The minimum Gasteiger partial charge on any atom is -0.312 e. The molecular formula is C13H9F3N4O. The average Bonchev–Trinajstić information content (AvgIpc) is 2.82. The van der Waals surface area contributed by atoms with Crippen molar-refractivity contribution < 1.29 is 13.2 Å². The highest BCUT2D eigenvalue weighted by Gasteiger charge is 2.32. The van der Waals surface area contributed by atoms with Gasteiger partial charge in [-0.1, -0.05) is 18.2 Å². The summed E-state index contributed by atoms with van der Waals surface area (Å²) in [5, 5.41) is 4.25. The van der Waals surface area contributed by atoms with Gasteiger partial charge in [-0.2, -0.15) is 18.3 Å².